The Labute approximate surface area is 147 Å². The SMILES string of the molecule is CCCCCCCC/C=C\CCCCCCCC(C(=O)O)C(=O)O. The first-order chi connectivity index (χ1) is 11.6. The average molecular weight is 341 g/mol. The third-order valence-electron chi connectivity index (χ3n) is 4.35. The highest BCUT2D eigenvalue weighted by atomic mass is 16.4. The van der Waals surface area contributed by atoms with Gasteiger partial charge in [0, 0.05) is 0 Å². The van der Waals surface area contributed by atoms with Crippen molar-refractivity contribution in [3.63, 3.8) is 0 Å². The molecule has 0 aromatic carbocycles. The van der Waals surface area contributed by atoms with E-state index in [-0.39, 0.29) is 6.42 Å². The fourth-order valence-corrected chi connectivity index (χ4v) is 2.77. The van der Waals surface area contributed by atoms with Crippen LogP contribution < -0.4 is 0 Å². The van der Waals surface area contributed by atoms with E-state index in [0.29, 0.717) is 6.42 Å². The molecule has 140 valence electrons. The van der Waals surface area contributed by atoms with Crippen LogP contribution in [0.15, 0.2) is 12.2 Å². The number of carbonyl (C=O) groups is 2. The molecule has 0 aromatic rings. The molecule has 0 spiro atoms. The van der Waals surface area contributed by atoms with Gasteiger partial charge in [0.1, 0.15) is 0 Å². The molecular formula is C20H36O4. The predicted octanol–water partition coefficient (Wildman–Crippen LogP) is 5.81. The van der Waals surface area contributed by atoms with Gasteiger partial charge < -0.3 is 10.2 Å². The highest BCUT2D eigenvalue weighted by Gasteiger charge is 2.24. The Hall–Kier alpha value is -1.32. The standard InChI is InChI=1S/C20H36O4/c1-2-3-4-5-6-7-8-9-10-11-12-13-14-15-16-17-18(19(21)22)20(23)24/h9-10,18H,2-8,11-17H2,1H3,(H,21,22)(H,23,24)/b10-9-. The van der Waals surface area contributed by atoms with E-state index in [4.69, 9.17) is 10.2 Å². The minimum Gasteiger partial charge on any atom is -0.481 e. The van der Waals surface area contributed by atoms with Gasteiger partial charge in [0.05, 0.1) is 0 Å². The number of hydrogen-bond donors (Lipinski definition) is 2. The molecule has 0 radical (unpaired) electrons. The highest BCUT2D eigenvalue weighted by Crippen LogP contribution is 2.13. The number of carboxylic acid groups (broad SMARTS) is 2. The van der Waals surface area contributed by atoms with Gasteiger partial charge >= 0.3 is 11.9 Å². The predicted molar refractivity (Wildman–Crippen MR) is 98.2 cm³/mol. The fourth-order valence-electron chi connectivity index (χ4n) is 2.77. The first-order valence-corrected chi connectivity index (χ1v) is 9.70. The molecule has 4 nitrogen and oxygen atoms in total. The largest absolute Gasteiger partial charge is 0.481 e. The summed E-state index contributed by atoms with van der Waals surface area (Å²) in [6.45, 7) is 2.24. The van der Waals surface area contributed by atoms with E-state index in [9.17, 15) is 9.59 Å². The molecule has 0 aromatic heterocycles. The van der Waals surface area contributed by atoms with E-state index in [0.717, 1.165) is 32.1 Å². The minimum atomic E-state index is -1.24. The van der Waals surface area contributed by atoms with E-state index in [1.54, 1.807) is 0 Å². The van der Waals surface area contributed by atoms with Crippen molar-refractivity contribution in [3.8, 4) is 0 Å². The molecule has 0 saturated carbocycles. The lowest BCUT2D eigenvalue weighted by molar-refractivity contribution is -0.154. The van der Waals surface area contributed by atoms with Crippen LogP contribution in [0.1, 0.15) is 96.8 Å². The smallest absolute Gasteiger partial charge is 0.317 e. The molecule has 24 heavy (non-hydrogen) atoms. The number of carboxylic acids is 2. The summed E-state index contributed by atoms with van der Waals surface area (Å²) in [7, 11) is 0. The molecule has 0 aliphatic rings. The number of allylic oxidation sites excluding steroid dienone is 2. The van der Waals surface area contributed by atoms with Crippen LogP contribution in [0.2, 0.25) is 0 Å². The molecular weight excluding hydrogens is 304 g/mol. The van der Waals surface area contributed by atoms with Crippen molar-refractivity contribution in [1.82, 2.24) is 0 Å². The lowest BCUT2D eigenvalue weighted by atomic mass is 10.0. The van der Waals surface area contributed by atoms with E-state index in [1.165, 1.54) is 44.9 Å². The third kappa shape index (κ3) is 14.3. The number of rotatable bonds is 17. The van der Waals surface area contributed by atoms with Crippen LogP contribution in [0, 0.1) is 5.92 Å². The maximum atomic E-state index is 10.7. The summed E-state index contributed by atoms with van der Waals surface area (Å²) in [5.74, 6) is -3.69. The van der Waals surface area contributed by atoms with E-state index >= 15 is 0 Å². The zero-order valence-corrected chi connectivity index (χ0v) is 15.3. The van der Waals surface area contributed by atoms with Gasteiger partial charge in [-0.05, 0) is 32.1 Å². The second-order valence-electron chi connectivity index (χ2n) is 6.60. The fraction of sp³-hybridized carbons (Fsp3) is 0.800. The second kappa shape index (κ2) is 16.5. The lowest BCUT2D eigenvalue weighted by Gasteiger charge is -2.06. The van der Waals surface area contributed by atoms with Crippen molar-refractivity contribution < 1.29 is 19.8 Å². The molecule has 2 N–H and O–H groups in total. The van der Waals surface area contributed by atoms with Gasteiger partial charge in [-0.25, -0.2) is 0 Å². The number of aliphatic carboxylic acids is 2. The topological polar surface area (TPSA) is 74.6 Å². The van der Waals surface area contributed by atoms with Gasteiger partial charge in [0.2, 0.25) is 0 Å². The van der Waals surface area contributed by atoms with Gasteiger partial charge in [-0.2, -0.15) is 0 Å². The first kappa shape index (κ1) is 22.7. The van der Waals surface area contributed by atoms with Crippen molar-refractivity contribution in [2.45, 2.75) is 96.8 Å². The van der Waals surface area contributed by atoms with Crippen molar-refractivity contribution in [3.05, 3.63) is 12.2 Å². The van der Waals surface area contributed by atoms with Crippen LogP contribution in [0.4, 0.5) is 0 Å². The molecule has 0 aliphatic heterocycles. The Kier molecular flexibility index (Phi) is 15.6. The molecule has 0 aliphatic carbocycles. The summed E-state index contributed by atoms with van der Waals surface area (Å²) < 4.78 is 0. The minimum absolute atomic E-state index is 0.239. The maximum absolute atomic E-state index is 10.7. The summed E-state index contributed by atoms with van der Waals surface area (Å²) in [4.78, 5) is 21.5. The van der Waals surface area contributed by atoms with Crippen LogP contribution in [-0.2, 0) is 9.59 Å². The first-order valence-electron chi connectivity index (χ1n) is 9.70. The van der Waals surface area contributed by atoms with Crippen LogP contribution >= 0.6 is 0 Å². The highest BCUT2D eigenvalue weighted by molar-refractivity contribution is 5.92. The van der Waals surface area contributed by atoms with Gasteiger partial charge in [-0.15, -0.1) is 0 Å². The zero-order valence-electron chi connectivity index (χ0n) is 15.3. The van der Waals surface area contributed by atoms with Crippen molar-refractivity contribution in [2.24, 2.45) is 5.92 Å². The normalized spacial score (nSPS) is 11.4. The molecule has 0 atom stereocenters. The molecule has 0 saturated heterocycles. The molecule has 0 heterocycles. The molecule has 0 bridgehead atoms. The second-order valence-corrected chi connectivity index (χ2v) is 6.60. The third-order valence-corrected chi connectivity index (χ3v) is 4.35. The molecule has 0 fully saturated rings. The Balaban J connectivity index is 3.34. The maximum Gasteiger partial charge on any atom is 0.317 e. The summed E-state index contributed by atoms with van der Waals surface area (Å²) in [6, 6.07) is 0. The molecule has 0 unspecified atom stereocenters. The summed E-state index contributed by atoms with van der Waals surface area (Å²) in [5.41, 5.74) is 0. The number of hydrogen-bond acceptors (Lipinski definition) is 2. The van der Waals surface area contributed by atoms with Crippen LogP contribution in [0.3, 0.4) is 0 Å². The lowest BCUT2D eigenvalue weighted by Crippen LogP contribution is -2.23. The zero-order chi connectivity index (χ0) is 18.0. The quantitative estimate of drug-likeness (QED) is 0.199. The van der Waals surface area contributed by atoms with Crippen molar-refractivity contribution in [1.29, 1.82) is 0 Å². The summed E-state index contributed by atoms with van der Waals surface area (Å²) >= 11 is 0. The summed E-state index contributed by atoms with van der Waals surface area (Å²) in [5, 5.41) is 17.5. The van der Waals surface area contributed by atoms with E-state index in [2.05, 4.69) is 19.1 Å². The number of unbranched alkanes of at least 4 members (excludes halogenated alkanes) is 11. The van der Waals surface area contributed by atoms with Gasteiger partial charge in [0.15, 0.2) is 5.92 Å². The van der Waals surface area contributed by atoms with Gasteiger partial charge in [0.25, 0.3) is 0 Å². The Morgan fingerprint density at radius 1 is 0.708 bits per heavy atom. The van der Waals surface area contributed by atoms with E-state index < -0.39 is 17.9 Å². The molecule has 0 amide bonds. The van der Waals surface area contributed by atoms with Crippen LogP contribution in [0.5, 0.6) is 0 Å². The van der Waals surface area contributed by atoms with Gasteiger partial charge in [-0.1, -0.05) is 76.9 Å². The summed E-state index contributed by atoms with van der Waals surface area (Å²) in [6.07, 6.45) is 20.1. The molecule has 0 rings (SSSR count). The van der Waals surface area contributed by atoms with E-state index in [1.807, 2.05) is 0 Å². The Bertz CT molecular complexity index is 336. The van der Waals surface area contributed by atoms with Gasteiger partial charge in [-0.3, -0.25) is 9.59 Å². The van der Waals surface area contributed by atoms with Crippen molar-refractivity contribution >= 4 is 11.9 Å². The monoisotopic (exact) mass is 340 g/mol. The van der Waals surface area contributed by atoms with Crippen molar-refractivity contribution in [2.75, 3.05) is 0 Å². The molecule has 4 heteroatoms. The Morgan fingerprint density at radius 2 is 1.12 bits per heavy atom. The van der Waals surface area contributed by atoms with Crippen LogP contribution in [0.25, 0.3) is 0 Å². The van der Waals surface area contributed by atoms with Crippen LogP contribution in [-0.4, -0.2) is 22.2 Å². The Morgan fingerprint density at radius 3 is 1.58 bits per heavy atom. The average Bonchev–Trinajstić information content (AvgIpc) is 2.53.